The monoisotopic (exact) mass is 414 g/mol. The predicted octanol–water partition coefficient (Wildman–Crippen LogP) is 5.35. The van der Waals surface area contributed by atoms with Crippen LogP contribution in [0.4, 0.5) is 5.69 Å². The van der Waals surface area contributed by atoms with Crippen LogP contribution < -0.4 is 5.32 Å². The summed E-state index contributed by atoms with van der Waals surface area (Å²) in [4.78, 5) is 12.7. The van der Waals surface area contributed by atoms with E-state index in [0.717, 1.165) is 39.9 Å². The molecular weight excluding hydrogens is 392 g/mol. The average molecular weight is 415 g/mol. The van der Waals surface area contributed by atoms with E-state index in [9.17, 15) is 4.79 Å². The molecular formula is C21H23ClN4OS. The van der Waals surface area contributed by atoms with Gasteiger partial charge >= 0.3 is 0 Å². The molecule has 0 unspecified atom stereocenters. The molecule has 1 atom stereocenters. The van der Waals surface area contributed by atoms with E-state index >= 15 is 0 Å². The molecule has 7 heteroatoms. The Morgan fingerprint density at radius 1 is 1.18 bits per heavy atom. The number of hydrogen-bond donors (Lipinski definition) is 1. The number of aromatic nitrogens is 3. The number of aryl methyl sites for hydroxylation is 2. The summed E-state index contributed by atoms with van der Waals surface area (Å²) in [6, 6.07) is 13.5. The van der Waals surface area contributed by atoms with Gasteiger partial charge in [0, 0.05) is 22.8 Å². The van der Waals surface area contributed by atoms with Crippen LogP contribution in [-0.2, 0) is 11.3 Å². The number of carbonyl (C=O) groups excluding carboxylic acids is 1. The first-order valence-corrected chi connectivity index (χ1v) is 10.4. The number of nitrogens with zero attached hydrogens (tertiary/aromatic N) is 3. The lowest BCUT2D eigenvalue weighted by Gasteiger charge is -2.14. The Hall–Kier alpha value is -2.31. The highest BCUT2D eigenvalue weighted by molar-refractivity contribution is 8.00. The summed E-state index contributed by atoms with van der Waals surface area (Å²) in [7, 11) is 0. The van der Waals surface area contributed by atoms with Crippen LogP contribution in [0.25, 0.3) is 11.4 Å². The number of carbonyl (C=O) groups is 1. The number of rotatable bonds is 6. The van der Waals surface area contributed by atoms with Gasteiger partial charge in [0.25, 0.3) is 0 Å². The molecule has 3 aromatic rings. The minimum absolute atomic E-state index is 0.0986. The molecule has 1 N–H and O–H groups in total. The SMILES string of the molecule is CCn1c(S[C@H](C)C(=O)Nc2cc(Cl)ccc2C)nnc1-c1ccccc1C. The Bertz CT molecular complexity index is 1000. The second-order valence-corrected chi connectivity index (χ2v) is 8.32. The lowest BCUT2D eigenvalue weighted by atomic mass is 10.1. The lowest BCUT2D eigenvalue weighted by Crippen LogP contribution is -2.23. The maximum Gasteiger partial charge on any atom is 0.237 e. The summed E-state index contributed by atoms with van der Waals surface area (Å²) in [6.45, 7) is 8.63. The maximum absolute atomic E-state index is 12.7. The molecule has 3 rings (SSSR count). The van der Waals surface area contributed by atoms with Crippen molar-refractivity contribution in [3.63, 3.8) is 0 Å². The van der Waals surface area contributed by atoms with Crippen molar-refractivity contribution in [2.24, 2.45) is 0 Å². The molecule has 0 fully saturated rings. The topological polar surface area (TPSA) is 59.8 Å². The van der Waals surface area contributed by atoms with Gasteiger partial charge in [0.05, 0.1) is 5.25 Å². The molecule has 0 saturated carbocycles. The number of anilines is 1. The fourth-order valence-electron chi connectivity index (χ4n) is 2.86. The van der Waals surface area contributed by atoms with Gasteiger partial charge in [-0.15, -0.1) is 10.2 Å². The van der Waals surface area contributed by atoms with E-state index in [1.54, 1.807) is 6.07 Å². The molecule has 0 aliphatic carbocycles. The second-order valence-electron chi connectivity index (χ2n) is 6.57. The zero-order valence-electron chi connectivity index (χ0n) is 16.4. The van der Waals surface area contributed by atoms with Gasteiger partial charge in [0.15, 0.2) is 11.0 Å². The first-order chi connectivity index (χ1) is 13.4. The van der Waals surface area contributed by atoms with Gasteiger partial charge in [-0.2, -0.15) is 0 Å². The highest BCUT2D eigenvalue weighted by Gasteiger charge is 2.21. The number of hydrogen-bond acceptors (Lipinski definition) is 4. The normalized spacial score (nSPS) is 12.0. The molecule has 1 amide bonds. The Morgan fingerprint density at radius 3 is 2.64 bits per heavy atom. The van der Waals surface area contributed by atoms with E-state index in [0.29, 0.717) is 5.02 Å². The molecule has 0 aliphatic heterocycles. The fourth-order valence-corrected chi connectivity index (χ4v) is 3.94. The first-order valence-electron chi connectivity index (χ1n) is 9.13. The molecule has 0 bridgehead atoms. The third-order valence-electron chi connectivity index (χ3n) is 4.53. The summed E-state index contributed by atoms with van der Waals surface area (Å²) in [5.74, 6) is 0.722. The van der Waals surface area contributed by atoms with Gasteiger partial charge in [-0.25, -0.2) is 0 Å². The predicted molar refractivity (Wildman–Crippen MR) is 116 cm³/mol. The van der Waals surface area contributed by atoms with Crippen molar-refractivity contribution < 1.29 is 4.79 Å². The molecule has 0 spiro atoms. The Labute approximate surface area is 174 Å². The molecule has 1 aromatic heterocycles. The quantitative estimate of drug-likeness (QED) is 0.552. The van der Waals surface area contributed by atoms with Crippen LogP contribution in [0, 0.1) is 13.8 Å². The average Bonchev–Trinajstić information content (AvgIpc) is 3.07. The lowest BCUT2D eigenvalue weighted by molar-refractivity contribution is -0.115. The number of halogens is 1. The summed E-state index contributed by atoms with van der Waals surface area (Å²) < 4.78 is 2.04. The van der Waals surface area contributed by atoms with Crippen molar-refractivity contribution >= 4 is 35.0 Å². The summed E-state index contributed by atoms with van der Waals surface area (Å²) in [6.07, 6.45) is 0. The van der Waals surface area contributed by atoms with E-state index in [4.69, 9.17) is 11.6 Å². The van der Waals surface area contributed by atoms with Gasteiger partial charge in [-0.3, -0.25) is 4.79 Å². The van der Waals surface area contributed by atoms with E-state index < -0.39 is 0 Å². The van der Waals surface area contributed by atoms with Gasteiger partial charge in [0.1, 0.15) is 0 Å². The third kappa shape index (κ3) is 4.39. The van der Waals surface area contributed by atoms with E-state index in [-0.39, 0.29) is 11.2 Å². The minimum Gasteiger partial charge on any atom is -0.325 e. The van der Waals surface area contributed by atoms with E-state index in [1.165, 1.54) is 11.8 Å². The second kappa shape index (κ2) is 8.80. The third-order valence-corrected chi connectivity index (χ3v) is 5.84. The standard InChI is InChI=1S/C21H23ClN4OS/c1-5-26-19(17-9-7-6-8-13(17)2)24-25-21(26)28-15(4)20(27)23-18-12-16(22)11-10-14(18)3/h6-12,15H,5H2,1-4H3,(H,23,27)/t15-/m1/s1. The number of benzene rings is 2. The zero-order chi connectivity index (χ0) is 20.3. The van der Waals surface area contributed by atoms with Crippen LogP contribution in [-0.4, -0.2) is 25.9 Å². The van der Waals surface area contributed by atoms with Gasteiger partial charge in [-0.05, 0) is 51.0 Å². The molecule has 28 heavy (non-hydrogen) atoms. The van der Waals surface area contributed by atoms with Crippen molar-refractivity contribution in [1.82, 2.24) is 14.8 Å². The van der Waals surface area contributed by atoms with Crippen LogP contribution in [0.5, 0.6) is 0 Å². The largest absolute Gasteiger partial charge is 0.325 e. The number of amides is 1. The van der Waals surface area contributed by atoms with Gasteiger partial charge in [-0.1, -0.05) is 53.7 Å². The van der Waals surface area contributed by atoms with Crippen LogP contribution in [0.15, 0.2) is 47.6 Å². The smallest absolute Gasteiger partial charge is 0.237 e. The molecule has 0 saturated heterocycles. The fraction of sp³-hybridized carbons (Fsp3) is 0.286. The Balaban J connectivity index is 1.79. The van der Waals surface area contributed by atoms with E-state index in [2.05, 4.69) is 35.4 Å². The zero-order valence-corrected chi connectivity index (χ0v) is 17.9. The minimum atomic E-state index is -0.336. The number of thioether (sulfide) groups is 1. The molecule has 1 heterocycles. The molecule has 5 nitrogen and oxygen atoms in total. The number of nitrogens with one attached hydrogen (secondary N) is 1. The van der Waals surface area contributed by atoms with Crippen molar-refractivity contribution in [2.75, 3.05) is 5.32 Å². The van der Waals surface area contributed by atoms with E-state index in [1.807, 2.05) is 48.7 Å². The highest BCUT2D eigenvalue weighted by Crippen LogP contribution is 2.29. The van der Waals surface area contributed by atoms with Crippen molar-refractivity contribution in [1.29, 1.82) is 0 Å². The summed E-state index contributed by atoms with van der Waals surface area (Å²) in [5, 5.41) is 12.7. The summed E-state index contributed by atoms with van der Waals surface area (Å²) >= 11 is 7.44. The Kier molecular flexibility index (Phi) is 6.42. The molecule has 0 aliphatic rings. The first kappa shape index (κ1) is 20.4. The van der Waals surface area contributed by atoms with Crippen molar-refractivity contribution in [3.8, 4) is 11.4 Å². The maximum atomic E-state index is 12.7. The van der Waals surface area contributed by atoms with Crippen LogP contribution in [0.2, 0.25) is 5.02 Å². The molecule has 2 aromatic carbocycles. The van der Waals surface area contributed by atoms with Crippen LogP contribution >= 0.6 is 23.4 Å². The van der Waals surface area contributed by atoms with Crippen molar-refractivity contribution in [3.05, 3.63) is 58.6 Å². The van der Waals surface area contributed by atoms with Crippen molar-refractivity contribution in [2.45, 2.75) is 44.6 Å². The molecule has 146 valence electrons. The van der Waals surface area contributed by atoms with Gasteiger partial charge in [0.2, 0.25) is 5.91 Å². The summed E-state index contributed by atoms with van der Waals surface area (Å²) in [5.41, 5.74) is 3.88. The Morgan fingerprint density at radius 2 is 1.93 bits per heavy atom. The highest BCUT2D eigenvalue weighted by atomic mass is 35.5. The van der Waals surface area contributed by atoms with Crippen LogP contribution in [0.3, 0.4) is 0 Å². The van der Waals surface area contributed by atoms with Crippen LogP contribution in [0.1, 0.15) is 25.0 Å². The molecule has 0 radical (unpaired) electrons. The van der Waals surface area contributed by atoms with Gasteiger partial charge < -0.3 is 9.88 Å².